The van der Waals surface area contributed by atoms with E-state index in [4.69, 9.17) is 14.6 Å². The van der Waals surface area contributed by atoms with Crippen LogP contribution in [0.4, 0.5) is 0 Å². The molecule has 6 nitrogen and oxygen atoms in total. The van der Waals surface area contributed by atoms with Gasteiger partial charge < -0.3 is 14.6 Å². The highest BCUT2D eigenvalue weighted by Gasteiger charge is 2.28. The molecule has 7 heteroatoms. The van der Waals surface area contributed by atoms with Gasteiger partial charge >= 0.3 is 0 Å². The van der Waals surface area contributed by atoms with Gasteiger partial charge in [0.1, 0.15) is 10.6 Å². The van der Waals surface area contributed by atoms with Crippen molar-refractivity contribution in [2.45, 2.75) is 30.9 Å². The SMILES string of the molecule is COCC(C)(C)NS(=O)(=O)c1ccc(CO)cc1OC. The number of aliphatic hydroxyl groups is 1. The van der Waals surface area contributed by atoms with E-state index in [-0.39, 0.29) is 23.9 Å². The van der Waals surface area contributed by atoms with E-state index in [1.807, 2.05) is 0 Å². The van der Waals surface area contributed by atoms with Crippen molar-refractivity contribution in [3.63, 3.8) is 0 Å². The van der Waals surface area contributed by atoms with Gasteiger partial charge in [0.05, 0.1) is 25.9 Å². The van der Waals surface area contributed by atoms with E-state index >= 15 is 0 Å². The lowest BCUT2D eigenvalue weighted by molar-refractivity contribution is 0.141. The van der Waals surface area contributed by atoms with Crippen LogP contribution in [0.2, 0.25) is 0 Å². The second-order valence-electron chi connectivity index (χ2n) is 5.07. The highest BCUT2D eigenvalue weighted by atomic mass is 32.2. The lowest BCUT2D eigenvalue weighted by Gasteiger charge is -2.25. The van der Waals surface area contributed by atoms with Gasteiger partial charge in [-0.25, -0.2) is 13.1 Å². The third kappa shape index (κ3) is 4.17. The van der Waals surface area contributed by atoms with Crippen molar-refractivity contribution in [3.05, 3.63) is 23.8 Å². The molecule has 114 valence electrons. The Hall–Kier alpha value is -1.15. The summed E-state index contributed by atoms with van der Waals surface area (Å²) in [6.45, 7) is 3.51. The molecule has 1 aromatic rings. The molecule has 1 aromatic carbocycles. The van der Waals surface area contributed by atoms with E-state index in [1.165, 1.54) is 26.4 Å². The highest BCUT2D eigenvalue weighted by Crippen LogP contribution is 2.26. The minimum Gasteiger partial charge on any atom is -0.495 e. The summed E-state index contributed by atoms with van der Waals surface area (Å²) < 4.78 is 37.4. The van der Waals surface area contributed by atoms with Crippen LogP contribution in [-0.2, 0) is 21.4 Å². The predicted molar refractivity (Wildman–Crippen MR) is 75.2 cm³/mol. The molecular weight excluding hydrogens is 282 g/mol. The Balaban J connectivity index is 3.15. The number of nitrogens with one attached hydrogen (secondary N) is 1. The van der Waals surface area contributed by atoms with Crippen LogP contribution in [0.1, 0.15) is 19.4 Å². The molecule has 0 aliphatic carbocycles. The lowest BCUT2D eigenvalue weighted by atomic mass is 10.1. The Morgan fingerprint density at radius 3 is 2.45 bits per heavy atom. The van der Waals surface area contributed by atoms with E-state index in [1.54, 1.807) is 19.9 Å². The highest BCUT2D eigenvalue weighted by molar-refractivity contribution is 7.89. The maximum atomic E-state index is 12.4. The maximum absolute atomic E-state index is 12.4. The first-order valence-corrected chi connectivity index (χ1v) is 7.55. The molecule has 0 atom stereocenters. The van der Waals surface area contributed by atoms with E-state index in [9.17, 15) is 8.42 Å². The van der Waals surface area contributed by atoms with Crippen LogP contribution in [0.5, 0.6) is 5.75 Å². The number of methoxy groups -OCH3 is 2. The molecule has 0 radical (unpaired) electrons. The number of ether oxygens (including phenoxy) is 2. The number of sulfonamides is 1. The molecule has 1 rings (SSSR count). The largest absolute Gasteiger partial charge is 0.495 e. The summed E-state index contributed by atoms with van der Waals surface area (Å²) in [5, 5.41) is 9.07. The minimum atomic E-state index is -3.74. The first kappa shape index (κ1) is 16.9. The summed E-state index contributed by atoms with van der Waals surface area (Å²) in [6, 6.07) is 4.45. The molecule has 0 unspecified atom stereocenters. The van der Waals surface area contributed by atoms with Crippen LogP contribution in [0.3, 0.4) is 0 Å². The molecule has 0 amide bonds. The van der Waals surface area contributed by atoms with Gasteiger partial charge in [-0.2, -0.15) is 0 Å². The zero-order valence-electron chi connectivity index (χ0n) is 12.1. The Morgan fingerprint density at radius 2 is 1.95 bits per heavy atom. The number of hydrogen-bond donors (Lipinski definition) is 2. The fourth-order valence-corrected chi connectivity index (χ4v) is 3.39. The van der Waals surface area contributed by atoms with E-state index in [2.05, 4.69) is 4.72 Å². The van der Waals surface area contributed by atoms with Crippen LogP contribution in [-0.4, -0.2) is 39.9 Å². The summed E-state index contributed by atoms with van der Waals surface area (Å²) in [4.78, 5) is 0.0291. The van der Waals surface area contributed by atoms with E-state index < -0.39 is 15.6 Å². The summed E-state index contributed by atoms with van der Waals surface area (Å²) >= 11 is 0. The first-order chi connectivity index (χ1) is 9.25. The minimum absolute atomic E-state index is 0.0291. The standard InChI is InChI=1S/C13H21NO5S/c1-13(2,9-18-3)14-20(16,17)12-6-5-10(8-15)7-11(12)19-4/h5-7,14-15H,8-9H2,1-4H3. The van der Waals surface area contributed by atoms with Crippen molar-refractivity contribution in [1.29, 1.82) is 0 Å². The Bertz CT molecular complexity index is 554. The molecule has 0 heterocycles. The van der Waals surface area contributed by atoms with Crippen molar-refractivity contribution in [2.75, 3.05) is 20.8 Å². The fourth-order valence-electron chi connectivity index (χ4n) is 1.84. The predicted octanol–water partition coefficient (Wildman–Crippen LogP) is 0.891. The van der Waals surface area contributed by atoms with Crippen molar-refractivity contribution >= 4 is 10.0 Å². The lowest BCUT2D eigenvalue weighted by Crippen LogP contribution is -2.46. The molecule has 0 fully saturated rings. The normalized spacial score (nSPS) is 12.4. The number of rotatable bonds is 7. The quantitative estimate of drug-likeness (QED) is 0.781. The summed E-state index contributed by atoms with van der Waals surface area (Å²) in [5.74, 6) is 0.192. The van der Waals surface area contributed by atoms with E-state index in [0.29, 0.717) is 5.56 Å². The van der Waals surface area contributed by atoms with Gasteiger partial charge in [-0.3, -0.25) is 0 Å². The summed E-state index contributed by atoms with van der Waals surface area (Å²) in [5.41, 5.74) is -0.161. The second-order valence-corrected chi connectivity index (χ2v) is 6.72. The van der Waals surface area contributed by atoms with E-state index in [0.717, 1.165) is 0 Å². The van der Waals surface area contributed by atoms with Crippen LogP contribution < -0.4 is 9.46 Å². The Kier molecular flexibility index (Phi) is 5.52. The second kappa shape index (κ2) is 6.53. The van der Waals surface area contributed by atoms with Gasteiger partial charge in [0.15, 0.2) is 0 Å². The molecule has 0 aliphatic heterocycles. The first-order valence-electron chi connectivity index (χ1n) is 6.06. The molecule has 2 N–H and O–H groups in total. The molecule has 0 bridgehead atoms. The van der Waals surface area contributed by atoms with Crippen LogP contribution in [0.15, 0.2) is 23.1 Å². The average Bonchev–Trinajstić information content (AvgIpc) is 2.36. The molecule has 20 heavy (non-hydrogen) atoms. The Morgan fingerprint density at radius 1 is 1.30 bits per heavy atom. The van der Waals surface area contributed by atoms with Crippen molar-refractivity contribution in [3.8, 4) is 5.75 Å². The van der Waals surface area contributed by atoms with Crippen molar-refractivity contribution in [1.82, 2.24) is 4.72 Å². The van der Waals surface area contributed by atoms with Gasteiger partial charge in [-0.1, -0.05) is 6.07 Å². The van der Waals surface area contributed by atoms with Gasteiger partial charge in [-0.15, -0.1) is 0 Å². The zero-order valence-corrected chi connectivity index (χ0v) is 13.0. The van der Waals surface area contributed by atoms with Crippen LogP contribution >= 0.6 is 0 Å². The van der Waals surface area contributed by atoms with Crippen LogP contribution in [0, 0.1) is 0 Å². The Labute approximate surface area is 119 Å². The number of hydrogen-bond acceptors (Lipinski definition) is 5. The smallest absolute Gasteiger partial charge is 0.244 e. The molecule has 0 spiro atoms. The van der Waals surface area contributed by atoms with Gasteiger partial charge in [0.25, 0.3) is 0 Å². The van der Waals surface area contributed by atoms with Crippen molar-refractivity contribution in [2.24, 2.45) is 0 Å². The molecule has 0 aromatic heterocycles. The summed E-state index contributed by atoms with van der Waals surface area (Å²) in [7, 11) is -0.853. The van der Waals surface area contributed by atoms with Gasteiger partial charge in [0, 0.05) is 7.11 Å². The third-order valence-corrected chi connectivity index (χ3v) is 4.35. The summed E-state index contributed by atoms with van der Waals surface area (Å²) in [6.07, 6.45) is 0. The van der Waals surface area contributed by atoms with Crippen LogP contribution in [0.25, 0.3) is 0 Å². The third-order valence-electron chi connectivity index (χ3n) is 2.62. The topological polar surface area (TPSA) is 84.9 Å². The monoisotopic (exact) mass is 303 g/mol. The van der Waals surface area contributed by atoms with Gasteiger partial charge in [0.2, 0.25) is 10.0 Å². The molecule has 0 aliphatic rings. The maximum Gasteiger partial charge on any atom is 0.244 e. The molecule has 0 saturated carbocycles. The number of benzene rings is 1. The average molecular weight is 303 g/mol. The molecule has 0 saturated heterocycles. The zero-order chi connectivity index (χ0) is 15.4. The van der Waals surface area contributed by atoms with Gasteiger partial charge in [-0.05, 0) is 31.5 Å². The molecular formula is C13H21NO5S. The van der Waals surface area contributed by atoms with Crippen molar-refractivity contribution < 1.29 is 23.0 Å². The number of aliphatic hydroxyl groups excluding tert-OH is 1. The fraction of sp³-hybridized carbons (Fsp3) is 0.538.